The molecule has 0 radical (unpaired) electrons. The molecule has 3 atom stereocenters. The van der Waals surface area contributed by atoms with Crippen LogP contribution >= 0.6 is 0 Å². The minimum absolute atomic E-state index is 0.392. The lowest BCUT2D eigenvalue weighted by atomic mass is 9.97. The minimum Gasteiger partial charge on any atom is -0.389 e. The molecule has 1 aliphatic carbocycles. The summed E-state index contributed by atoms with van der Waals surface area (Å²) in [7, 11) is 0. The first-order valence-corrected chi connectivity index (χ1v) is 8.29. The molecule has 0 saturated heterocycles. The standard InChI is InChI=1S/C18H29NO2/c1-15-8-4-2-7-11-18(15)19-12-17(20)14-21-13-16-9-5-3-6-10-16/h3,5-6,9-10,15,17-20H,2,4,7-8,11-14H2,1H3. The lowest BCUT2D eigenvalue weighted by molar-refractivity contribution is 0.0266. The van der Waals surface area contributed by atoms with Crippen LogP contribution < -0.4 is 5.32 Å². The number of aliphatic hydroxyl groups excluding tert-OH is 1. The van der Waals surface area contributed by atoms with Gasteiger partial charge in [0.05, 0.1) is 19.3 Å². The second-order valence-electron chi connectivity index (χ2n) is 6.28. The van der Waals surface area contributed by atoms with Gasteiger partial charge in [0.2, 0.25) is 0 Å². The van der Waals surface area contributed by atoms with E-state index in [9.17, 15) is 5.11 Å². The van der Waals surface area contributed by atoms with E-state index < -0.39 is 6.10 Å². The number of aliphatic hydroxyl groups is 1. The molecule has 0 aromatic heterocycles. The van der Waals surface area contributed by atoms with Gasteiger partial charge in [0, 0.05) is 12.6 Å². The highest BCUT2D eigenvalue weighted by Gasteiger charge is 2.20. The number of benzene rings is 1. The molecule has 1 aromatic rings. The maximum absolute atomic E-state index is 10.0. The van der Waals surface area contributed by atoms with Gasteiger partial charge in [-0.2, -0.15) is 0 Å². The zero-order chi connectivity index (χ0) is 14.9. The first kappa shape index (κ1) is 16.5. The number of ether oxygens (including phenoxy) is 1. The molecule has 118 valence electrons. The summed E-state index contributed by atoms with van der Waals surface area (Å²) in [6.07, 6.45) is 6.12. The van der Waals surface area contributed by atoms with Crippen LogP contribution in [0.5, 0.6) is 0 Å². The summed E-state index contributed by atoms with van der Waals surface area (Å²) in [4.78, 5) is 0. The molecule has 1 aromatic carbocycles. The summed E-state index contributed by atoms with van der Waals surface area (Å²) in [5.41, 5.74) is 1.15. The van der Waals surface area contributed by atoms with Crippen LogP contribution in [0.15, 0.2) is 30.3 Å². The van der Waals surface area contributed by atoms with Crippen LogP contribution in [0.25, 0.3) is 0 Å². The lowest BCUT2D eigenvalue weighted by Gasteiger charge is -2.24. The fourth-order valence-electron chi connectivity index (χ4n) is 3.03. The van der Waals surface area contributed by atoms with Crippen molar-refractivity contribution in [3.8, 4) is 0 Å². The summed E-state index contributed by atoms with van der Waals surface area (Å²) >= 11 is 0. The molecule has 1 fully saturated rings. The Hall–Kier alpha value is -0.900. The smallest absolute Gasteiger partial charge is 0.0897 e. The number of hydrogen-bond acceptors (Lipinski definition) is 3. The van der Waals surface area contributed by atoms with Crippen LogP contribution in [-0.4, -0.2) is 30.4 Å². The summed E-state index contributed by atoms with van der Waals surface area (Å²) in [5.74, 6) is 0.713. The monoisotopic (exact) mass is 291 g/mol. The van der Waals surface area contributed by atoms with Crippen molar-refractivity contribution in [3.05, 3.63) is 35.9 Å². The fourth-order valence-corrected chi connectivity index (χ4v) is 3.03. The molecule has 0 amide bonds. The first-order valence-electron chi connectivity index (χ1n) is 8.29. The highest BCUT2D eigenvalue weighted by atomic mass is 16.5. The molecule has 3 nitrogen and oxygen atoms in total. The van der Waals surface area contributed by atoms with E-state index in [0.717, 1.165) is 5.56 Å². The van der Waals surface area contributed by atoms with Gasteiger partial charge < -0.3 is 15.2 Å². The third kappa shape index (κ3) is 6.16. The van der Waals surface area contributed by atoms with Crippen LogP contribution in [0.1, 0.15) is 44.6 Å². The van der Waals surface area contributed by atoms with Gasteiger partial charge in [-0.05, 0) is 24.3 Å². The third-order valence-corrected chi connectivity index (χ3v) is 4.40. The van der Waals surface area contributed by atoms with Crippen LogP contribution in [0, 0.1) is 5.92 Å². The Morgan fingerprint density at radius 3 is 2.76 bits per heavy atom. The fraction of sp³-hybridized carbons (Fsp3) is 0.667. The van der Waals surface area contributed by atoms with Crippen LogP contribution in [0.4, 0.5) is 0 Å². The second kappa shape index (κ2) is 9.19. The second-order valence-corrected chi connectivity index (χ2v) is 6.28. The molecule has 0 aliphatic heterocycles. The van der Waals surface area contributed by atoms with Crippen molar-refractivity contribution in [2.24, 2.45) is 5.92 Å². The van der Waals surface area contributed by atoms with Gasteiger partial charge in [0.1, 0.15) is 0 Å². The zero-order valence-electron chi connectivity index (χ0n) is 13.1. The lowest BCUT2D eigenvalue weighted by Crippen LogP contribution is -2.40. The van der Waals surface area contributed by atoms with Gasteiger partial charge >= 0.3 is 0 Å². The average molecular weight is 291 g/mol. The maximum Gasteiger partial charge on any atom is 0.0897 e. The molecule has 3 heteroatoms. The van der Waals surface area contributed by atoms with E-state index in [0.29, 0.717) is 31.7 Å². The first-order chi connectivity index (χ1) is 10.3. The number of hydrogen-bond donors (Lipinski definition) is 2. The van der Waals surface area contributed by atoms with Gasteiger partial charge in [-0.15, -0.1) is 0 Å². The van der Waals surface area contributed by atoms with Gasteiger partial charge in [-0.25, -0.2) is 0 Å². The molecule has 0 bridgehead atoms. The number of rotatable bonds is 7. The van der Waals surface area contributed by atoms with Crippen molar-refractivity contribution in [2.45, 2.75) is 57.8 Å². The largest absolute Gasteiger partial charge is 0.389 e. The molecule has 1 aliphatic rings. The molecular formula is C18H29NO2. The van der Waals surface area contributed by atoms with E-state index in [2.05, 4.69) is 12.2 Å². The van der Waals surface area contributed by atoms with Crippen molar-refractivity contribution >= 4 is 0 Å². The van der Waals surface area contributed by atoms with Gasteiger partial charge in [0.15, 0.2) is 0 Å². The van der Waals surface area contributed by atoms with Gasteiger partial charge in [-0.3, -0.25) is 0 Å². The van der Waals surface area contributed by atoms with Gasteiger partial charge in [-0.1, -0.05) is 56.5 Å². The summed E-state index contributed by atoms with van der Waals surface area (Å²) in [5, 5.41) is 13.6. The van der Waals surface area contributed by atoms with Crippen molar-refractivity contribution in [1.82, 2.24) is 5.32 Å². The maximum atomic E-state index is 10.0. The number of nitrogens with one attached hydrogen (secondary N) is 1. The molecule has 0 spiro atoms. The highest BCUT2D eigenvalue weighted by molar-refractivity contribution is 5.13. The van der Waals surface area contributed by atoms with Crippen molar-refractivity contribution in [2.75, 3.05) is 13.2 Å². The molecular weight excluding hydrogens is 262 g/mol. The normalized spacial score (nSPS) is 24.5. The minimum atomic E-state index is -0.427. The molecule has 0 heterocycles. The molecule has 3 unspecified atom stereocenters. The molecule has 2 N–H and O–H groups in total. The van der Waals surface area contributed by atoms with Crippen molar-refractivity contribution in [3.63, 3.8) is 0 Å². The Bertz CT molecular complexity index is 382. The van der Waals surface area contributed by atoms with E-state index in [1.54, 1.807) is 0 Å². The summed E-state index contributed by atoms with van der Waals surface area (Å²) in [6.45, 7) is 3.91. The van der Waals surface area contributed by atoms with Crippen LogP contribution in [0.2, 0.25) is 0 Å². The average Bonchev–Trinajstić information content (AvgIpc) is 2.71. The molecule has 1 saturated carbocycles. The Morgan fingerprint density at radius 1 is 1.19 bits per heavy atom. The van der Waals surface area contributed by atoms with E-state index in [1.165, 1.54) is 32.1 Å². The Labute approximate surface area is 128 Å². The van der Waals surface area contributed by atoms with Crippen LogP contribution in [0.3, 0.4) is 0 Å². The summed E-state index contributed by atoms with van der Waals surface area (Å²) < 4.78 is 5.58. The molecule has 2 rings (SSSR count). The topological polar surface area (TPSA) is 41.5 Å². The quantitative estimate of drug-likeness (QED) is 0.758. The van der Waals surface area contributed by atoms with Crippen LogP contribution in [-0.2, 0) is 11.3 Å². The van der Waals surface area contributed by atoms with Crippen molar-refractivity contribution in [1.29, 1.82) is 0 Å². The predicted molar refractivity (Wildman–Crippen MR) is 86.1 cm³/mol. The van der Waals surface area contributed by atoms with Gasteiger partial charge in [0.25, 0.3) is 0 Å². The van der Waals surface area contributed by atoms with E-state index >= 15 is 0 Å². The SMILES string of the molecule is CC1CCCCCC1NCC(O)COCc1ccccc1. The Balaban J connectivity index is 1.61. The molecule has 21 heavy (non-hydrogen) atoms. The zero-order valence-corrected chi connectivity index (χ0v) is 13.1. The Morgan fingerprint density at radius 2 is 1.95 bits per heavy atom. The third-order valence-electron chi connectivity index (χ3n) is 4.40. The van der Waals surface area contributed by atoms with Crippen molar-refractivity contribution < 1.29 is 9.84 Å². The van der Waals surface area contributed by atoms with E-state index in [4.69, 9.17) is 4.74 Å². The Kier molecular flexibility index (Phi) is 7.20. The highest BCUT2D eigenvalue weighted by Crippen LogP contribution is 2.22. The van der Waals surface area contributed by atoms with E-state index in [-0.39, 0.29) is 0 Å². The van der Waals surface area contributed by atoms with E-state index in [1.807, 2.05) is 30.3 Å². The summed E-state index contributed by atoms with van der Waals surface area (Å²) in [6, 6.07) is 10.6. The predicted octanol–water partition coefficient (Wildman–Crippen LogP) is 3.12.